The van der Waals surface area contributed by atoms with Gasteiger partial charge >= 0.3 is 0 Å². The SMILES string of the molecule is CO[C@@H]1CC(C(=O)[O-])OCC1C. The van der Waals surface area contributed by atoms with E-state index in [0.29, 0.717) is 13.0 Å². The molecule has 0 radical (unpaired) electrons. The van der Waals surface area contributed by atoms with Gasteiger partial charge in [0.15, 0.2) is 0 Å². The summed E-state index contributed by atoms with van der Waals surface area (Å²) in [6.07, 6.45) is -0.437. The summed E-state index contributed by atoms with van der Waals surface area (Å²) in [6.45, 7) is 2.40. The van der Waals surface area contributed by atoms with Crippen LogP contribution in [0.15, 0.2) is 0 Å². The van der Waals surface area contributed by atoms with E-state index in [4.69, 9.17) is 9.47 Å². The van der Waals surface area contributed by atoms with Gasteiger partial charge < -0.3 is 19.4 Å². The zero-order valence-corrected chi connectivity index (χ0v) is 7.28. The van der Waals surface area contributed by atoms with Crippen molar-refractivity contribution < 1.29 is 19.4 Å². The minimum absolute atomic E-state index is 0.0263. The van der Waals surface area contributed by atoms with Crippen molar-refractivity contribution in [3.63, 3.8) is 0 Å². The van der Waals surface area contributed by atoms with Crippen LogP contribution in [0.1, 0.15) is 13.3 Å². The summed E-state index contributed by atoms with van der Waals surface area (Å²) in [4.78, 5) is 10.4. The molecule has 0 aromatic heterocycles. The van der Waals surface area contributed by atoms with Crippen molar-refractivity contribution in [1.29, 1.82) is 0 Å². The van der Waals surface area contributed by atoms with Gasteiger partial charge in [0.1, 0.15) is 0 Å². The first-order chi connectivity index (χ1) is 5.65. The van der Waals surface area contributed by atoms with Gasteiger partial charge in [-0.1, -0.05) is 6.92 Å². The van der Waals surface area contributed by atoms with Crippen LogP contribution < -0.4 is 5.11 Å². The average molecular weight is 173 g/mol. The summed E-state index contributed by atoms with van der Waals surface area (Å²) >= 11 is 0. The van der Waals surface area contributed by atoms with Crippen LogP contribution in [0.2, 0.25) is 0 Å². The van der Waals surface area contributed by atoms with Crippen LogP contribution in [0.3, 0.4) is 0 Å². The molecular weight excluding hydrogens is 160 g/mol. The largest absolute Gasteiger partial charge is 0.547 e. The van der Waals surface area contributed by atoms with E-state index in [1.807, 2.05) is 6.92 Å². The van der Waals surface area contributed by atoms with Gasteiger partial charge in [0.05, 0.1) is 24.8 Å². The number of hydrogen-bond donors (Lipinski definition) is 0. The van der Waals surface area contributed by atoms with Gasteiger partial charge in [-0.2, -0.15) is 0 Å². The van der Waals surface area contributed by atoms with Crippen molar-refractivity contribution in [1.82, 2.24) is 0 Å². The van der Waals surface area contributed by atoms with Crippen LogP contribution in [0.4, 0.5) is 0 Å². The summed E-state index contributed by atoms with van der Waals surface area (Å²) in [5, 5.41) is 10.4. The molecule has 1 aliphatic rings. The first kappa shape index (κ1) is 9.48. The molecule has 2 unspecified atom stereocenters. The molecule has 3 atom stereocenters. The fourth-order valence-corrected chi connectivity index (χ4v) is 1.38. The Hall–Kier alpha value is -0.610. The molecule has 1 aliphatic heterocycles. The zero-order valence-electron chi connectivity index (χ0n) is 7.28. The molecule has 4 nitrogen and oxygen atoms in total. The Morgan fingerprint density at radius 2 is 2.33 bits per heavy atom. The molecule has 1 heterocycles. The van der Waals surface area contributed by atoms with E-state index in [1.54, 1.807) is 7.11 Å². The van der Waals surface area contributed by atoms with E-state index in [2.05, 4.69) is 0 Å². The number of hydrogen-bond acceptors (Lipinski definition) is 4. The quantitative estimate of drug-likeness (QED) is 0.547. The summed E-state index contributed by atoms with van der Waals surface area (Å²) < 4.78 is 10.2. The van der Waals surface area contributed by atoms with Crippen LogP contribution in [-0.2, 0) is 14.3 Å². The smallest absolute Gasteiger partial charge is 0.0993 e. The number of ether oxygens (including phenoxy) is 2. The Morgan fingerprint density at radius 1 is 1.67 bits per heavy atom. The minimum atomic E-state index is -1.15. The molecule has 0 aliphatic carbocycles. The molecule has 1 rings (SSSR count). The van der Waals surface area contributed by atoms with E-state index in [-0.39, 0.29) is 12.0 Å². The van der Waals surface area contributed by atoms with Crippen LogP contribution in [0.25, 0.3) is 0 Å². The van der Waals surface area contributed by atoms with Crippen LogP contribution in [0, 0.1) is 5.92 Å². The van der Waals surface area contributed by atoms with Crippen LogP contribution >= 0.6 is 0 Å². The Kier molecular flexibility index (Phi) is 3.05. The molecule has 0 N–H and O–H groups in total. The second-order valence-electron chi connectivity index (χ2n) is 3.13. The standard InChI is InChI=1S/C8H14O4/c1-5-4-12-7(8(9)10)3-6(5)11-2/h5-7H,3-4H2,1-2H3,(H,9,10)/p-1/t5?,6-,7?/m1/s1. The Morgan fingerprint density at radius 3 is 2.83 bits per heavy atom. The van der Waals surface area contributed by atoms with Crippen molar-refractivity contribution in [2.45, 2.75) is 25.6 Å². The van der Waals surface area contributed by atoms with Gasteiger partial charge in [-0.15, -0.1) is 0 Å². The minimum Gasteiger partial charge on any atom is -0.547 e. The third-order valence-electron chi connectivity index (χ3n) is 2.21. The molecule has 0 spiro atoms. The Balaban J connectivity index is 2.49. The van der Waals surface area contributed by atoms with E-state index in [0.717, 1.165) is 0 Å². The molecule has 1 saturated heterocycles. The first-order valence-electron chi connectivity index (χ1n) is 4.00. The van der Waals surface area contributed by atoms with Gasteiger partial charge in [0.25, 0.3) is 0 Å². The molecule has 0 saturated carbocycles. The summed E-state index contributed by atoms with van der Waals surface area (Å²) in [5.74, 6) is -0.894. The van der Waals surface area contributed by atoms with Crippen molar-refractivity contribution in [3.05, 3.63) is 0 Å². The molecule has 0 bridgehead atoms. The van der Waals surface area contributed by atoms with Crippen molar-refractivity contribution in [2.24, 2.45) is 5.92 Å². The average Bonchev–Trinajstić information content (AvgIpc) is 2.05. The summed E-state index contributed by atoms with van der Waals surface area (Å²) in [7, 11) is 1.58. The highest BCUT2D eigenvalue weighted by Crippen LogP contribution is 2.21. The Bertz CT molecular complexity index is 168. The van der Waals surface area contributed by atoms with Gasteiger partial charge in [-0.25, -0.2) is 0 Å². The summed E-state index contributed by atoms with van der Waals surface area (Å²) in [6, 6.07) is 0. The lowest BCUT2D eigenvalue weighted by Gasteiger charge is -2.33. The Labute approximate surface area is 71.5 Å². The van der Waals surface area contributed by atoms with Crippen molar-refractivity contribution >= 4 is 5.97 Å². The fraction of sp³-hybridized carbons (Fsp3) is 0.875. The third kappa shape index (κ3) is 1.95. The highest BCUT2D eigenvalue weighted by Gasteiger charge is 2.28. The monoisotopic (exact) mass is 173 g/mol. The van der Waals surface area contributed by atoms with E-state index >= 15 is 0 Å². The fourth-order valence-electron chi connectivity index (χ4n) is 1.38. The number of aliphatic carboxylic acids is 1. The number of rotatable bonds is 2. The second-order valence-corrected chi connectivity index (χ2v) is 3.13. The highest BCUT2D eigenvalue weighted by molar-refractivity contribution is 5.70. The number of methoxy groups -OCH3 is 1. The molecular formula is C8H13O4-. The maximum atomic E-state index is 10.4. The number of carbonyl (C=O) groups is 1. The van der Waals surface area contributed by atoms with E-state index < -0.39 is 12.1 Å². The number of carbonyl (C=O) groups excluding carboxylic acids is 1. The van der Waals surface area contributed by atoms with Gasteiger partial charge in [-0.3, -0.25) is 0 Å². The van der Waals surface area contributed by atoms with Gasteiger partial charge in [0.2, 0.25) is 0 Å². The topological polar surface area (TPSA) is 58.6 Å². The lowest BCUT2D eigenvalue weighted by molar-refractivity contribution is -0.320. The molecule has 1 fully saturated rings. The van der Waals surface area contributed by atoms with Crippen molar-refractivity contribution in [3.8, 4) is 0 Å². The van der Waals surface area contributed by atoms with E-state index in [9.17, 15) is 9.90 Å². The maximum Gasteiger partial charge on any atom is 0.0993 e. The predicted molar refractivity (Wildman–Crippen MR) is 39.3 cm³/mol. The highest BCUT2D eigenvalue weighted by atomic mass is 16.5. The predicted octanol–water partition coefficient (Wildman–Crippen LogP) is -0.824. The molecule has 4 heteroatoms. The third-order valence-corrected chi connectivity index (χ3v) is 2.21. The maximum absolute atomic E-state index is 10.4. The second kappa shape index (κ2) is 3.87. The molecule has 0 amide bonds. The number of carboxylic acids is 1. The molecule has 12 heavy (non-hydrogen) atoms. The normalized spacial score (nSPS) is 36.3. The molecule has 70 valence electrons. The van der Waals surface area contributed by atoms with E-state index in [1.165, 1.54) is 0 Å². The van der Waals surface area contributed by atoms with Gasteiger partial charge in [-0.05, 0) is 0 Å². The number of carboxylic acid groups (broad SMARTS) is 1. The van der Waals surface area contributed by atoms with Crippen LogP contribution in [0.5, 0.6) is 0 Å². The van der Waals surface area contributed by atoms with Gasteiger partial charge in [0, 0.05) is 19.4 Å². The molecule has 0 aromatic carbocycles. The van der Waals surface area contributed by atoms with Crippen molar-refractivity contribution in [2.75, 3.05) is 13.7 Å². The lowest BCUT2D eigenvalue weighted by atomic mass is 9.97. The molecule has 0 aromatic rings. The lowest BCUT2D eigenvalue weighted by Crippen LogP contribution is -2.46. The zero-order chi connectivity index (χ0) is 9.14. The van der Waals surface area contributed by atoms with Crippen LogP contribution in [-0.4, -0.2) is 31.9 Å². The summed E-state index contributed by atoms with van der Waals surface area (Å²) in [5.41, 5.74) is 0. The first-order valence-corrected chi connectivity index (χ1v) is 4.00.